The zero-order valence-corrected chi connectivity index (χ0v) is 18.0. The summed E-state index contributed by atoms with van der Waals surface area (Å²) in [6, 6.07) is 0. The molecule has 2 aromatic rings. The standard InChI is InChI=1S/C22H32N6O/c1-5-6-17-10-23-15(3)26-21(17)28-8-7-16-9-19(20(16)13-28)22(29)24-11-18-12-25-27(4)14(18)2/h10,12,16,19-20H,5-9,11,13H2,1-4H3,(H,24,29)/t16-,19-,20-/m1/s1. The molecule has 0 bridgehead atoms. The van der Waals surface area contributed by atoms with Crippen LogP contribution in [0, 0.1) is 31.6 Å². The molecule has 0 radical (unpaired) electrons. The van der Waals surface area contributed by atoms with E-state index in [1.165, 1.54) is 5.56 Å². The van der Waals surface area contributed by atoms with Crippen molar-refractivity contribution in [1.82, 2.24) is 25.1 Å². The number of hydrogen-bond donors (Lipinski definition) is 1. The average Bonchev–Trinajstić information content (AvgIpc) is 3.01. The van der Waals surface area contributed by atoms with Gasteiger partial charge in [0.15, 0.2) is 0 Å². The summed E-state index contributed by atoms with van der Waals surface area (Å²) in [5.41, 5.74) is 3.41. The van der Waals surface area contributed by atoms with Crippen molar-refractivity contribution in [3.63, 3.8) is 0 Å². The Kier molecular flexibility index (Phi) is 5.56. The predicted octanol–water partition coefficient (Wildman–Crippen LogP) is 2.56. The minimum atomic E-state index is 0.109. The summed E-state index contributed by atoms with van der Waals surface area (Å²) < 4.78 is 1.84. The fourth-order valence-corrected chi connectivity index (χ4v) is 4.81. The molecule has 0 unspecified atom stereocenters. The number of carbonyl (C=O) groups is 1. The van der Waals surface area contributed by atoms with E-state index in [0.29, 0.717) is 18.4 Å². The lowest BCUT2D eigenvalue weighted by atomic mass is 9.61. The van der Waals surface area contributed by atoms with E-state index in [2.05, 4.69) is 27.2 Å². The number of nitrogens with zero attached hydrogens (tertiary/aromatic N) is 5. The average molecular weight is 397 g/mol. The zero-order valence-electron chi connectivity index (χ0n) is 18.0. The highest BCUT2D eigenvalue weighted by molar-refractivity contribution is 5.80. The largest absolute Gasteiger partial charge is 0.356 e. The van der Waals surface area contributed by atoms with Crippen molar-refractivity contribution in [2.45, 2.75) is 53.0 Å². The fourth-order valence-electron chi connectivity index (χ4n) is 4.81. The highest BCUT2D eigenvalue weighted by Crippen LogP contribution is 2.46. The van der Waals surface area contributed by atoms with Gasteiger partial charge in [0, 0.05) is 55.6 Å². The molecule has 29 heavy (non-hydrogen) atoms. The van der Waals surface area contributed by atoms with Crippen LogP contribution in [0.15, 0.2) is 12.4 Å². The van der Waals surface area contributed by atoms with Gasteiger partial charge in [-0.05, 0) is 44.9 Å². The van der Waals surface area contributed by atoms with Gasteiger partial charge in [-0.25, -0.2) is 9.97 Å². The van der Waals surface area contributed by atoms with Crippen LogP contribution in [-0.4, -0.2) is 38.7 Å². The second kappa shape index (κ2) is 8.13. The van der Waals surface area contributed by atoms with E-state index in [4.69, 9.17) is 4.98 Å². The molecule has 2 fully saturated rings. The van der Waals surface area contributed by atoms with Gasteiger partial charge in [0.1, 0.15) is 11.6 Å². The van der Waals surface area contributed by atoms with Crippen molar-refractivity contribution < 1.29 is 4.79 Å². The van der Waals surface area contributed by atoms with Gasteiger partial charge >= 0.3 is 0 Å². The Morgan fingerprint density at radius 2 is 2.10 bits per heavy atom. The van der Waals surface area contributed by atoms with Crippen LogP contribution in [0.3, 0.4) is 0 Å². The summed E-state index contributed by atoms with van der Waals surface area (Å²) in [4.78, 5) is 24.4. The normalized spacial score (nSPS) is 23.4. The van der Waals surface area contributed by atoms with Gasteiger partial charge in [0.2, 0.25) is 5.91 Å². The van der Waals surface area contributed by atoms with E-state index >= 15 is 0 Å². The minimum Gasteiger partial charge on any atom is -0.356 e. The van der Waals surface area contributed by atoms with Gasteiger partial charge in [-0.2, -0.15) is 5.10 Å². The van der Waals surface area contributed by atoms with Crippen molar-refractivity contribution in [2.24, 2.45) is 24.8 Å². The molecule has 0 spiro atoms. The number of rotatable bonds is 6. The Morgan fingerprint density at radius 3 is 2.83 bits per heavy atom. The van der Waals surface area contributed by atoms with Gasteiger partial charge in [0.05, 0.1) is 6.20 Å². The Balaban J connectivity index is 1.41. The van der Waals surface area contributed by atoms with E-state index in [1.807, 2.05) is 38.0 Å². The molecule has 1 amide bonds. The third kappa shape index (κ3) is 3.87. The maximum atomic E-state index is 12.9. The van der Waals surface area contributed by atoms with Gasteiger partial charge in [-0.3, -0.25) is 9.48 Å². The van der Waals surface area contributed by atoms with Crippen molar-refractivity contribution >= 4 is 11.7 Å². The molecule has 7 nitrogen and oxygen atoms in total. The molecule has 1 saturated carbocycles. The zero-order chi connectivity index (χ0) is 20.5. The molecule has 3 atom stereocenters. The molecule has 0 aromatic carbocycles. The van der Waals surface area contributed by atoms with Crippen molar-refractivity contribution in [1.29, 1.82) is 0 Å². The molecule has 1 N–H and O–H groups in total. The van der Waals surface area contributed by atoms with Crippen LogP contribution < -0.4 is 10.2 Å². The molecule has 7 heteroatoms. The quantitative estimate of drug-likeness (QED) is 0.812. The Labute approximate surface area is 172 Å². The SMILES string of the molecule is CCCc1cnc(C)nc1N1CC[C@@H]2C[C@@H](C(=O)NCc3cnn(C)c3C)[C@@H]2C1. The van der Waals surface area contributed by atoms with Crippen LogP contribution in [0.5, 0.6) is 0 Å². The number of nitrogens with one attached hydrogen (secondary N) is 1. The molecule has 1 aliphatic heterocycles. The Hall–Kier alpha value is -2.44. The van der Waals surface area contributed by atoms with E-state index in [-0.39, 0.29) is 11.8 Å². The number of aromatic nitrogens is 4. The molecular weight excluding hydrogens is 364 g/mol. The van der Waals surface area contributed by atoms with Crippen LogP contribution in [0.2, 0.25) is 0 Å². The second-order valence-electron chi connectivity index (χ2n) is 8.61. The van der Waals surface area contributed by atoms with E-state index in [0.717, 1.165) is 61.7 Å². The highest BCUT2D eigenvalue weighted by atomic mass is 16.1. The van der Waals surface area contributed by atoms with E-state index < -0.39 is 0 Å². The molecule has 1 aliphatic carbocycles. The summed E-state index contributed by atoms with van der Waals surface area (Å²) in [6.07, 6.45) is 8.06. The minimum absolute atomic E-state index is 0.109. The predicted molar refractivity (Wildman–Crippen MR) is 112 cm³/mol. The lowest BCUT2D eigenvalue weighted by Gasteiger charge is -2.50. The van der Waals surface area contributed by atoms with Crippen LogP contribution in [0.4, 0.5) is 5.82 Å². The summed E-state index contributed by atoms with van der Waals surface area (Å²) in [6.45, 7) is 8.67. The number of anilines is 1. The van der Waals surface area contributed by atoms with E-state index in [1.54, 1.807) is 0 Å². The smallest absolute Gasteiger partial charge is 0.223 e. The van der Waals surface area contributed by atoms with Crippen LogP contribution in [0.25, 0.3) is 0 Å². The van der Waals surface area contributed by atoms with E-state index in [9.17, 15) is 4.79 Å². The van der Waals surface area contributed by atoms with Gasteiger partial charge in [-0.15, -0.1) is 0 Å². The van der Waals surface area contributed by atoms with Crippen LogP contribution >= 0.6 is 0 Å². The van der Waals surface area contributed by atoms with Gasteiger partial charge in [0.25, 0.3) is 0 Å². The van der Waals surface area contributed by atoms with Crippen LogP contribution in [0.1, 0.15) is 48.8 Å². The summed E-state index contributed by atoms with van der Waals surface area (Å²) in [5.74, 6) is 3.27. The molecule has 156 valence electrons. The topological polar surface area (TPSA) is 75.9 Å². The highest BCUT2D eigenvalue weighted by Gasteiger charge is 2.47. The number of amides is 1. The van der Waals surface area contributed by atoms with Gasteiger partial charge < -0.3 is 10.2 Å². The van der Waals surface area contributed by atoms with Crippen molar-refractivity contribution in [3.05, 3.63) is 35.0 Å². The maximum Gasteiger partial charge on any atom is 0.223 e. The third-order valence-corrected chi connectivity index (χ3v) is 6.79. The first-order chi connectivity index (χ1) is 14.0. The first-order valence-corrected chi connectivity index (χ1v) is 10.8. The molecule has 2 aromatic heterocycles. The Bertz CT molecular complexity index is 891. The van der Waals surface area contributed by atoms with Crippen molar-refractivity contribution in [2.75, 3.05) is 18.0 Å². The first kappa shape index (κ1) is 19.9. The molecular formula is C22H32N6O. The fraction of sp³-hybridized carbons (Fsp3) is 0.636. The number of aryl methyl sites for hydroxylation is 3. The summed E-state index contributed by atoms with van der Waals surface area (Å²) in [5, 5.41) is 7.41. The molecule has 2 aliphatic rings. The van der Waals surface area contributed by atoms with Crippen molar-refractivity contribution in [3.8, 4) is 0 Å². The third-order valence-electron chi connectivity index (χ3n) is 6.79. The molecule has 4 rings (SSSR count). The second-order valence-corrected chi connectivity index (χ2v) is 8.61. The summed E-state index contributed by atoms with van der Waals surface area (Å²) in [7, 11) is 1.93. The monoisotopic (exact) mass is 396 g/mol. The first-order valence-electron chi connectivity index (χ1n) is 10.8. The van der Waals surface area contributed by atoms with Crippen LogP contribution in [-0.2, 0) is 24.8 Å². The number of carbonyl (C=O) groups excluding carboxylic acids is 1. The lowest BCUT2D eigenvalue weighted by molar-refractivity contribution is -0.134. The maximum absolute atomic E-state index is 12.9. The lowest BCUT2D eigenvalue weighted by Crippen LogP contribution is -2.55. The summed E-state index contributed by atoms with van der Waals surface area (Å²) >= 11 is 0. The molecule has 1 saturated heterocycles. The molecule has 3 heterocycles. The number of piperidine rings is 1. The number of hydrogen-bond acceptors (Lipinski definition) is 5. The number of fused-ring (bicyclic) bond motifs is 1. The Morgan fingerprint density at radius 1 is 1.28 bits per heavy atom. The van der Waals surface area contributed by atoms with Gasteiger partial charge in [-0.1, -0.05) is 13.3 Å².